The summed E-state index contributed by atoms with van der Waals surface area (Å²) in [5.41, 5.74) is 0.636. The second-order valence-electron chi connectivity index (χ2n) is 3.05. The molecule has 0 spiro atoms. The third-order valence-electron chi connectivity index (χ3n) is 2.03. The number of para-hydroxylation sites is 1. The third kappa shape index (κ3) is 1.51. The molecule has 2 aromatic rings. The smallest absolute Gasteiger partial charge is 0.218 e. The van der Waals surface area contributed by atoms with Crippen LogP contribution in [-0.2, 0) is 11.8 Å². The van der Waals surface area contributed by atoms with Gasteiger partial charge in [-0.05, 0) is 24.8 Å². The van der Waals surface area contributed by atoms with Crippen LogP contribution in [0.2, 0.25) is 0 Å². The highest BCUT2D eigenvalue weighted by Crippen LogP contribution is 2.39. The second kappa shape index (κ2) is 3.17. The van der Waals surface area contributed by atoms with Crippen LogP contribution in [0.4, 0.5) is 0 Å². The Kier molecular flexibility index (Phi) is 2.24. The van der Waals surface area contributed by atoms with Gasteiger partial charge < -0.3 is 14.2 Å². The summed E-state index contributed by atoms with van der Waals surface area (Å²) >= 11 is 4.68. The summed E-state index contributed by atoms with van der Waals surface area (Å²) in [4.78, 5) is 19.0. The summed E-state index contributed by atoms with van der Waals surface area (Å²) in [6.07, 6.45) is 0. The molecule has 0 aliphatic carbocycles. The molecule has 1 heterocycles. The fourth-order valence-electron chi connectivity index (χ4n) is 1.52. The predicted octanol–water partition coefficient (Wildman–Crippen LogP) is 1.66. The van der Waals surface area contributed by atoms with Gasteiger partial charge in [0, 0.05) is 5.39 Å². The molecule has 0 atom stereocenters. The number of hydrogen-bond acceptors (Lipinski definition) is 2. The van der Waals surface area contributed by atoms with Crippen molar-refractivity contribution in [2.24, 2.45) is 0 Å². The van der Waals surface area contributed by atoms with E-state index in [4.69, 9.17) is 4.42 Å². The Labute approximate surface area is 86.2 Å². The van der Waals surface area contributed by atoms with Crippen LogP contribution in [0.1, 0.15) is 5.76 Å². The molecule has 1 aromatic heterocycles. The van der Waals surface area contributed by atoms with Gasteiger partial charge in [-0.15, -0.1) is 0 Å². The van der Waals surface area contributed by atoms with E-state index >= 15 is 0 Å². The minimum Gasteiger partial charge on any atom is -0.460 e. The highest BCUT2D eigenvalue weighted by molar-refractivity contribution is 8.12. The summed E-state index contributed by atoms with van der Waals surface area (Å²) in [6.45, 7) is -1.73. The van der Waals surface area contributed by atoms with Crippen LogP contribution in [-0.4, -0.2) is 9.79 Å². The highest BCUT2D eigenvalue weighted by Gasteiger charge is 2.22. The molecule has 0 aliphatic heterocycles. The Bertz CT molecular complexity index is 526. The van der Waals surface area contributed by atoms with Gasteiger partial charge in [-0.3, -0.25) is 0 Å². The van der Waals surface area contributed by atoms with Gasteiger partial charge in [0.1, 0.15) is 11.3 Å². The van der Waals surface area contributed by atoms with E-state index in [-0.39, 0.29) is 0 Å². The largest absolute Gasteiger partial charge is 0.460 e. The molecule has 0 fully saturated rings. The maximum absolute atomic E-state index is 9.48. The lowest BCUT2D eigenvalue weighted by Gasteiger charge is -2.05. The number of furan rings is 1. The van der Waals surface area contributed by atoms with Crippen LogP contribution < -0.4 is 5.30 Å². The summed E-state index contributed by atoms with van der Waals surface area (Å²) in [5.74, 6) is 0.486. The van der Waals surface area contributed by atoms with Crippen molar-refractivity contribution in [1.29, 1.82) is 0 Å². The number of hydrogen-bond donors (Lipinski definition) is 2. The molecular formula is C9H9O3PS. The first-order valence-electron chi connectivity index (χ1n) is 4.04. The van der Waals surface area contributed by atoms with Crippen molar-refractivity contribution in [2.75, 3.05) is 0 Å². The number of aryl methyl sites for hydroxylation is 1. The molecule has 1 aromatic carbocycles. The summed E-state index contributed by atoms with van der Waals surface area (Å²) in [6, 6.07) is 7.19. The SMILES string of the molecule is Cc1oc2ccccc2c1P(O)(O)=S. The summed E-state index contributed by atoms with van der Waals surface area (Å²) < 4.78 is 5.37. The monoisotopic (exact) mass is 228 g/mol. The average Bonchev–Trinajstić information content (AvgIpc) is 2.38. The normalized spacial score (nSPS) is 12.2. The Morgan fingerprint density at radius 2 is 1.93 bits per heavy atom. The molecule has 3 nitrogen and oxygen atoms in total. The first kappa shape index (κ1) is 9.87. The molecule has 0 saturated heterocycles. The number of benzene rings is 1. The van der Waals surface area contributed by atoms with E-state index in [9.17, 15) is 9.79 Å². The fraction of sp³-hybridized carbons (Fsp3) is 0.111. The minimum absolute atomic E-state index is 0.364. The van der Waals surface area contributed by atoms with E-state index in [1.807, 2.05) is 12.1 Å². The van der Waals surface area contributed by atoms with Crippen molar-refractivity contribution in [2.45, 2.75) is 6.92 Å². The molecule has 0 saturated carbocycles. The molecule has 74 valence electrons. The van der Waals surface area contributed by atoms with Gasteiger partial charge in [-0.25, -0.2) is 0 Å². The van der Waals surface area contributed by atoms with Crippen LogP contribution in [0.5, 0.6) is 0 Å². The van der Waals surface area contributed by atoms with E-state index < -0.39 is 6.49 Å². The van der Waals surface area contributed by atoms with Crippen molar-refractivity contribution in [3.63, 3.8) is 0 Å². The molecule has 0 unspecified atom stereocenters. The van der Waals surface area contributed by atoms with E-state index in [0.717, 1.165) is 0 Å². The first-order valence-corrected chi connectivity index (χ1v) is 6.75. The summed E-state index contributed by atoms with van der Waals surface area (Å²) in [7, 11) is 0. The molecule has 0 bridgehead atoms. The zero-order valence-corrected chi connectivity index (χ0v) is 9.18. The predicted molar refractivity (Wildman–Crippen MR) is 59.3 cm³/mol. The van der Waals surface area contributed by atoms with Crippen molar-refractivity contribution < 1.29 is 14.2 Å². The molecule has 2 N–H and O–H groups in total. The second-order valence-corrected chi connectivity index (χ2v) is 6.11. The third-order valence-corrected chi connectivity index (χ3v) is 3.72. The van der Waals surface area contributed by atoms with Crippen molar-refractivity contribution in [1.82, 2.24) is 0 Å². The Hall–Kier alpha value is -0.670. The maximum Gasteiger partial charge on any atom is 0.218 e. The zero-order valence-electron chi connectivity index (χ0n) is 7.47. The van der Waals surface area contributed by atoms with Gasteiger partial charge in [0.2, 0.25) is 6.49 Å². The Morgan fingerprint density at radius 3 is 2.57 bits per heavy atom. The minimum atomic E-state index is -3.41. The van der Waals surface area contributed by atoms with Crippen LogP contribution in [0.15, 0.2) is 28.7 Å². The van der Waals surface area contributed by atoms with Crippen molar-refractivity contribution >= 4 is 34.6 Å². The van der Waals surface area contributed by atoms with Crippen molar-refractivity contribution in [3.8, 4) is 0 Å². The average molecular weight is 228 g/mol. The molecule has 2 rings (SSSR count). The molecular weight excluding hydrogens is 219 g/mol. The van der Waals surface area contributed by atoms with Crippen LogP contribution >= 0.6 is 6.49 Å². The molecule has 0 radical (unpaired) electrons. The first-order chi connectivity index (χ1) is 6.50. The van der Waals surface area contributed by atoms with Gasteiger partial charge in [0.25, 0.3) is 0 Å². The zero-order chi connectivity index (χ0) is 10.3. The quantitative estimate of drug-likeness (QED) is 0.729. The van der Waals surface area contributed by atoms with Gasteiger partial charge in [0.05, 0.1) is 5.30 Å². The van der Waals surface area contributed by atoms with Gasteiger partial charge in [-0.1, -0.05) is 18.2 Å². The van der Waals surface area contributed by atoms with Crippen LogP contribution in [0.3, 0.4) is 0 Å². The molecule has 0 aliphatic rings. The highest BCUT2D eigenvalue weighted by atomic mass is 32.5. The van der Waals surface area contributed by atoms with Crippen LogP contribution in [0, 0.1) is 6.92 Å². The maximum atomic E-state index is 9.48. The van der Waals surface area contributed by atoms with Gasteiger partial charge in [-0.2, -0.15) is 0 Å². The van der Waals surface area contributed by atoms with Gasteiger partial charge in [0.15, 0.2) is 0 Å². The van der Waals surface area contributed by atoms with E-state index in [1.54, 1.807) is 19.1 Å². The summed E-state index contributed by atoms with van der Waals surface area (Å²) in [5, 5.41) is 1.06. The lowest BCUT2D eigenvalue weighted by atomic mass is 10.2. The molecule has 14 heavy (non-hydrogen) atoms. The van der Waals surface area contributed by atoms with E-state index in [0.29, 0.717) is 22.0 Å². The van der Waals surface area contributed by atoms with Crippen molar-refractivity contribution in [3.05, 3.63) is 30.0 Å². The number of rotatable bonds is 1. The van der Waals surface area contributed by atoms with E-state index in [2.05, 4.69) is 11.8 Å². The van der Waals surface area contributed by atoms with Crippen LogP contribution in [0.25, 0.3) is 11.0 Å². The fourth-order valence-corrected chi connectivity index (χ4v) is 3.15. The standard InChI is InChI=1S/C9H9O3PS/c1-6-9(13(10,11)14)7-4-2-3-5-8(7)12-6/h2-5H,1H3,(H2,10,11,14). The lowest BCUT2D eigenvalue weighted by molar-refractivity contribution is 0.491. The lowest BCUT2D eigenvalue weighted by Crippen LogP contribution is -2.04. The van der Waals surface area contributed by atoms with E-state index in [1.165, 1.54) is 0 Å². The van der Waals surface area contributed by atoms with Gasteiger partial charge >= 0.3 is 0 Å². The Balaban J connectivity index is 2.88. The Morgan fingerprint density at radius 1 is 1.29 bits per heavy atom. The molecule has 0 amide bonds. The topological polar surface area (TPSA) is 53.6 Å². The number of fused-ring (bicyclic) bond motifs is 1. The molecule has 5 heteroatoms.